The molecule has 0 bridgehead atoms. The van der Waals surface area contributed by atoms with Crippen molar-refractivity contribution in [3.63, 3.8) is 0 Å². The van der Waals surface area contributed by atoms with E-state index in [0.717, 1.165) is 24.8 Å². The van der Waals surface area contributed by atoms with E-state index >= 15 is 0 Å². The second-order valence-corrected chi connectivity index (χ2v) is 5.05. The first-order chi connectivity index (χ1) is 9.33. The smallest absolute Gasteiger partial charge is 0.125 e. The number of fused-ring (bicyclic) bond motifs is 1. The molecule has 0 heterocycles. The summed E-state index contributed by atoms with van der Waals surface area (Å²) in [6, 6.07) is 19.0. The number of nitrogens with two attached hydrogens (primary N) is 1. The van der Waals surface area contributed by atoms with Gasteiger partial charge in [-0.2, -0.15) is 0 Å². The van der Waals surface area contributed by atoms with Crippen molar-refractivity contribution < 1.29 is 0 Å². The summed E-state index contributed by atoms with van der Waals surface area (Å²) in [7, 11) is 0. The summed E-state index contributed by atoms with van der Waals surface area (Å²) in [6.45, 7) is 0. The quantitative estimate of drug-likeness (QED) is 0.646. The van der Waals surface area contributed by atoms with E-state index < -0.39 is 0 Å². The minimum absolute atomic E-state index is 0.315. The number of hydrogen-bond donors (Lipinski definition) is 1. The van der Waals surface area contributed by atoms with Gasteiger partial charge >= 0.3 is 0 Å². The first-order valence-corrected chi connectivity index (χ1v) is 6.78. The molecule has 2 aromatic rings. The Morgan fingerprint density at radius 1 is 0.947 bits per heavy atom. The molecule has 2 N–H and O–H groups in total. The zero-order chi connectivity index (χ0) is 13.1. The van der Waals surface area contributed by atoms with Crippen molar-refractivity contribution in [3.05, 3.63) is 71.3 Å². The molecule has 1 aliphatic rings. The van der Waals surface area contributed by atoms with E-state index in [1.165, 1.54) is 11.1 Å². The van der Waals surface area contributed by atoms with Gasteiger partial charge in [0.2, 0.25) is 0 Å². The number of aliphatic imine (C=N–C) groups is 1. The van der Waals surface area contributed by atoms with Gasteiger partial charge in [-0.25, -0.2) is 0 Å². The molecular formula is C17H18N2. The average Bonchev–Trinajstić information content (AvgIpc) is 2.48. The predicted molar refractivity (Wildman–Crippen MR) is 79.4 cm³/mol. The van der Waals surface area contributed by atoms with Crippen molar-refractivity contribution in [1.29, 1.82) is 0 Å². The van der Waals surface area contributed by atoms with Crippen LogP contribution in [-0.2, 0) is 12.8 Å². The summed E-state index contributed by atoms with van der Waals surface area (Å²) in [5, 5.41) is 0. The van der Waals surface area contributed by atoms with Crippen molar-refractivity contribution in [2.75, 3.05) is 0 Å². The molecule has 0 spiro atoms. The molecule has 0 saturated carbocycles. The third kappa shape index (κ3) is 2.68. The third-order valence-electron chi connectivity index (χ3n) is 3.71. The fraction of sp³-hybridized carbons (Fsp3) is 0.235. The number of benzene rings is 2. The summed E-state index contributed by atoms with van der Waals surface area (Å²) in [5.74, 6) is 0.657. The van der Waals surface area contributed by atoms with E-state index in [0.29, 0.717) is 11.9 Å². The van der Waals surface area contributed by atoms with Gasteiger partial charge in [0.1, 0.15) is 5.84 Å². The minimum atomic E-state index is 0.315. The topological polar surface area (TPSA) is 38.4 Å². The van der Waals surface area contributed by atoms with Crippen LogP contribution in [0.5, 0.6) is 0 Å². The second kappa shape index (κ2) is 5.27. The molecule has 1 aliphatic carbocycles. The highest BCUT2D eigenvalue weighted by Crippen LogP contribution is 2.23. The van der Waals surface area contributed by atoms with Gasteiger partial charge < -0.3 is 5.73 Å². The lowest BCUT2D eigenvalue weighted by Gasteiger charge is -2.22. The van der Waals surface area contributed by atoms with Crippen molar-refractivity contribution in [1.82, 2.24) is 0 Å². The number of aryl methyl sites for hydroxylation is 1. The Kier molecular flexibility index (Phi) is 3.32. The summed E-state index contributed by atoms with van der Waals surface area (Å²) in [5.41, 5.74) is 10.00. The van der Waals surface area contributed by atoms with Crippen molar-refractivity contribution in [2.45, 2.75) is 25.3 Å². The van der Waals surface area contributed by atoms with Gasteiger partial charge in [-0.3, -0.25) is 4.99 Å². The highest BCUT2D eigenvalue weighted by Gasteiger charge is 2.17. The maximum Gasteiger partial charge on any atom is 0.125 e. The maximum atomic E-state index is 6.10. The number of amidine groups is 1. The Labute approximate surface area is 114 Å². The molecule has 0 saturated heterocycles. The van der Waals surface area contributed by atoms with Crippen LogP contribution in [0.15, 0.2) is 59.6 Å². The fourth-order valence-corrected chi connectivity index (χ4v) is 2.67. The lowest BCUT2D eigenvalue weighted by molar-refractivity contribution is 0.579. The van der Waals surface area contributed by atoms with Crippen LogP contribution in [0.4, 0.5) is 0 Å². The van der Waals surface area contributed by atoms with Crippen molar-refractivity contribution in [2.24, 2.45) is 10.7 Å². The molecule has 1 unspecified atom stereocenters. The molecule has 0 amide bonds. The molecule has 3 rings (SSSR count). The number of rotatable bonds is 2. The van der Waals surface area contributed by atoms with Crippen LogP contribution in [0, 0.1) is 0 Å². The summed E-state index contributed by atoms with van der Waals surface area (Å²) in [4.78, 5) is 4.70. The van der Waals surface area contributed by atoms with Gasteiger partial charge in [-0.05, 0) is 30.4 Å². The standard InChI is InChI=1S/C17H18N2/c18-17(14-7-2-1-3-8-14)19-16-11-10-13-6-4-5-9-15(13)12-16/h1-9,16H,10-12H2,(H2,18,19). The Balaban J connectivity index is 1.79. The van der Waals surface area contributed by atoms with Gasteiger partial charge in [0.15, 0.2) is 0 Å². The van der Waals surface area contributed by atoms with Gasteiger partial charge in [0.25, 0.3) is 0 Å². The van der Waals surface area contributed by atoms with Crippen LogP contribution in [0.1, 0.15) is 23.1 Å². The van der Waals surface area contributed by atoms with Crippen LogP contribution < -0.4 is 5.73 Å². The first-order valence-electron chi connectivity index (χ1n) is 6.78. The van der Waals surface area contributed by atoms with Crippen molar-refractivity contribution in [3.8, 4) is 0 Å². The Bertz CT molecular complexity index is 587. The van der Waals surface area contributed by atoms with Gasteiger partial charge in [-0.1, -0.05) is 54.6 Å². The Morgan fingerprint density at radius 2 is 1.63 bits per heavy atom. The maximum absolute atomic E-state index is 6.10. The fourth-order valence-electron chi connectivity index (χ4n) is 2.67. The summed E-state index contributed by atoms with van der Waals surface area (Å²) >= 11 is 0. The van der Waals surface area contributed by atoms with Crippen LogP contribution in [0.3, 0.4) is 0 Å². The zero-order valence-electron chi connectivity index (χ0n) is 10.9. The largest absolute Gasteiger partial charge is 0.383 e. The Morgan fingerprint density at radius 3 is 2.42 bits per heavy atom. The molecule has 19 heavy (non-hydrogen) atoms. The summed E-state index contributed by atoms with van der Waals surface area (Å²) < 4.78 is 0. The molecular weight excluding hydrogens is 232 g/mol. The minimum Gasteiger partial charge on any atom is -0.383 e. The van der Waals surface area contributed by atoms with Gasteiger partial charge in [0.05, 0.1) is 6.04 Å². The molecule has 2 nitrogen and oxygen atoms in total. The van der Waals surface area contributed by atoms with E-state index in [9.17, 15) is 0 Å². The van der Waals surface area contributed by atoms with Crippen LogP contribution in [0.25, 0.3) is 0 Å². The van der Waals surface area contributed by atoms with E-state index in [1.807, 2.05) is 30.3 Å². The molecule has 96 valence electrons. The number of hydrogen-bond acceptors (Lipinski definition) is 1. The lowest BCUT2D eigenvalue weighted by atomic mass is 9.88. The van der Waals surface area contributed by atoms with Gasteiger partial charge in [0, 0.05) is 5.56 Å². The van der Waals surface area contributed by atoms with Crippen LogP contribution in [-0.4, -0.2) is 11.9 Å². The molecule has 0 aromatic heterocycles. The highest BCUT2D eigenvalue weighted by atomic mass is 14.9. The van der Waals surface area contributed by atoms with E-state index in [1.54, 1.807) is 0 Å². The third-order valence-corrected chi connectivity index (χ3v) is 3.71. The molecule has 1 atom stereocenters. The lowest BCUT2D eigenvalue weighted by Crippen LogP contribution is -2.23. The molecule has 0 aliphatic heterocycles. The molecule has 0 fully saturated rings. The molecule has 0 radical (unpaired) electrons. The predicted octanol–water partition coefficient (Wildman–Crippen LogP) is 2.95. The molecule has 2 heteroatoms. The van der Waals surface area contributed by atoms with Crippen LogP contribution >= 0.6 is 0 Å². The normalized spacial score (nSPS) is 18.9. The summed E-state index contributed by atoms with van der Waals surface area (Å²) in [6.07, 6.45) is 3.20. The first kappa shape index (κ1) is 12.0. The zero-order valence-corrected chi connectivity index (χ0v) is 10.9. The Hall–Kier alpha value is -2.09. The van der Waals surface area contributed by atoms with E-state index in [2.05, 4.69) is 24.3 Å². The number of nitrogens with zero attached hydrogens (tertiary/aromatic N) is 1. The highest BCUT2D eigenvalue weighted by molar-refractivity contribution is 5.97. The average molecular weight is 250 g/mol. The van der Waals surface area contributed by atoms with E-state index in [4.69, 9.17) is 10.7 Å². The van der Waals surface area contributed by atoms with Gasteiger partial charge in [-0.15, -0.1) is 0 Å². The molecule has 2 aromatic carbocycles. The van der Waals surface area contributed by atoms with Crippen molar-refractivity contribution >= 4 is 5.84 Å². The second-order valence-electron chi connectivity index (χ2n) is 5.05. The van der Waals surface area contributed by atoms with E-state index in [-0.39, 0.29) is 0 Å². The SMILES string of the molecule is NC(=NC1CCc2ccccc2C1)c1ccccc1. The van der Waals surface area contributed by atoms with Crippen LogP contribution in [0.2, 0.25) is 0 Å². The monoisotopic (exact) mass is 250 g/mol.